The molecule has 0 fully saturated rings. The van der Waals surface area contributed by atoms with Crippen LogP contribution in [0.5, 0.6) is 0 Å². The first kappa shape index (κ1) is 14.7. The van der Waals surface area contributed by atoms with E-state index in [1.807, 2.05) is 54.3 Å². The van der Waals surface area contributed by atoms with E-state index in [1.165, 1.54) is 0 Å². The van der Waals surface area contributed by atoms with Crippen LogP contribution in [0, 0.1) is 0 Å². The van der Waals surface area contributed by atoms with Gasteiger partial charge in [-0.3, -0.25) is 4.68 Å². The highest BCUT2D eigenvalue weighted by Crippen LogP contribution is 2.35. The molecular formula is C16H12BrClN2S. The number of hydrogen-bond donors (Lipinski definition) is 0. The molecule has 2 aromatic carbocycles. The molecule has 2 nitrogen and oxygen atoms in total. The maximum atomic E-state index is 5.93. The maximum Gasteiger partial charge on any atom is 0.106 e. The number of nitrogens with zero attached hydrogens (tertiary/aromatic N) is 2. The van der Waals surface area contributed by atoms with Gasteiger partial charge in [0, 0.05) is 33.2 Å². The van der Waals surface area contributed by atoms with Gasteiger partial charge in [0.25, 0.3) is 0 Å². The second-order valence-electron chi connectivity index (χ2n) is 4.58. The van der Waals surface area contributed by atoms with Crippen molar-refractivity contribution in [2.24, 2.45) is 7.05 Å². The third-order valence-electron chi connectivity index (χ3n) is 2.95. The van der Waals surface area contributed by atoms with E-state index in [4.69, 9.17) is 11.6 Å². The first-order valence-corrected chi connectivity index (χ1v) is 8.33. The Kier molecular flexibility index (Phi) is 4.38. The monoisotopic (exact) mass is 378 g/mol. The zero-order valence-electron chi connectivity index (χ0n) is 11.3. The number of hydrogen-bond acceptors (Lipinski definition) is 2. The maximum absolute atomic E-state index is 5.93. The third kappa shape index (κ3) is 3.51. The number of aromatic nitrogens is 2. The van der Waals surface area contributed by atoms with Gasteiger partial charge in [-0.05, 0) is 36.4 Å². The van der Waals surface area contributed by atoms with Gasteiger partial charge in [0.05, 0.1) is 4.90 Å². The summed E-state index contributed by atoms with van der Waals surface area (Å²) in [5, 5.41) is 5.33. The van der Waals surface area contributed by atoms with Gasteiger partial charge < -0.3 is 0 Å². The van der Waals surface area contributed by atoms with E-state index in [0.29, 0.717) is 0 Å². The molecule has 0 amide bonds. The van der Waals surface area contributed by atoms with Gasteiger partial charge in [-0.2, -0.15) is 5.10 Å². The van der Waals surface area contributed by atoms with Crippen LogP contribution in [0.1, 0.15) is 0 Å². The van der Waals surface area contributed by atoms with Crippen molar-refractivity contribution in [2.45, 2.75) is 9.79 Å². The topological polar surface area (TPSA) is 17.8 Å². The van der Waals surface area contributed by atoms with E-state index in [9.17, 15) is 0 Å². The summed E-state index contributed by atoms with van der Waals surface area (Å²) in [5.41, 5.74) is 2.10. The average Bonchev–Trinajstić information content (AvgIpc) is 2.83. The molecule has 3 aromatic rings. The minimum absolute atomic E-state index is 0.749. The molecule has 0 aliphatic carbocycles. The lowest BCUT2D eigenvalue weighted by atomic mass is 10.2. The van der Waals surface area contributed by atoms with Gasteiger partial charge in [-0.1, -0.05) is 51.4 Å². The van der Waals surface area contributed by atoms with Crippen LogP contribution in [0.4, 0.5) is 0 Å². The van der Waals surface area contributed by atoms with Crippen molar-refractivity contribution in [2.75, 3.05) is 0 Å². The minimum atomic E-state index is 0.749. The highest BCUT2D eigenvalue weighted by molar-refractivity contribution is 9.10. The van der Waals surface area contributed by atoms with Gasteiger partial charge in [-0.25, -0.2) is 0 Å². The Balaban J connectivity index is 1.95. The molecule has 5 heteroatoms. The van der Waals surface area contributed by atoms with E-state index in [-0.39, 0.29) is 0 Å². The second kappa shape index (κ2) is 6.26. The van der Waals surface area contributed by atoms with Crippen LogP contribution >= 0.6 is 39.3 Å². The molecule has 0 aliphatic rings. The summed E-state index contributed by atoms with van der Waals surface area (Å²) in [6.45, 7) is 0. The van der Waals surface area contributed by atoms with E-state index in [2.05, 4.69) is 33.2 Å². The van der Waals surface area contributed by atoms with Gasteiger partial charge in [0.2, 0.25) is 0 Å². The lowest BCUT2D eigenvalue weighted by Crippen LogP contribution is -1.87. The van der Waals surface area contributed by atoms with Crippen molar-refractivity contribution in [1.82, 2.24) is 9.78 Å². The second-order valence-corrected chi connectivity index (χ2v) is 7.05. The van der Waals surface area contributed by atoms with Crippen molar-refractivity contribution in [1.29, 1.82) is 0 Å². The predicted molar refractivity (Wildman–Crippen MR) is 91.9 cm³/mol. The molecule has 1 aromatic heterocycles. The molecule has 0 aliphatic heterocycles. The van der Waals surface area contributed by atoms with Gasteiger partial charge in [0.1, 0.15) is 5.69 Å². The van der Waals surface area contributed by atoms with E-state index in [0.717, 1.165) is 30.5 Å². The van der Waals surface area contributed by atoms with E-state index >= 15 is 0 Å². The first-order chi connectivity index (χ1) is 10.1. The lowest BCUT2D eigenvalue weighted by molar-refractivity contribution is 0.769. The van der Waals surface area contributed by atoms with E-state index < -0.39 is 0 Å². The number of rotatable bonds is 3. The predicted octanol–water partition coefficient (Wildman–Crippen LogP) is 5.65. The number of benzene rings is 2. The molecule has 0 saturated carbocycles. The van der Waals surface area contributed by atoms with Crippen molar-refractivity contribution in [3.05, 3.63) is 64.2 Å². The molecule has 0 saturated heterocycles. The molecule has 106 valence electrons. The van der Waals surface area contributed by atoms with Crippen LogP contribution in [-0.4, -0.2) is 9.78 Å². The van der Waals surface area contributed by atoms with Gasteiger partial charge in [-0.15, -0.1) is 0 Å². The van der Waals surface area contributed by atoms with Crippen LogP contribution in [-0.2, 0) is 7.05 Å². The van der Waals surface area contributed by atoms with Crippen molar-refractivity contribution >= 4 is 39.3 Å². The summed E-state index contributed by atoms with van der Waals surface area (Å²) in [7, 11) is 1.94. The fourth-order valence-electron chi connectivity index (χ4n) is 1.98. The largest absolute Gasteiger partial charge is 0.274 e. The van der Waals surface area contributed by atoms with Crippen molar-refractivity contribution in [3.8, 4) is 11.3 Å². The van der Waals surface area contributed by atoms with Gasteiger partial charge in [0.15, 0.2) is 0 Å². The molecule has 1 heterocycles. The molecule has 21 heavy (non-hydrogen) atoms. The van der Waals surface area contributed by atoms with E-state index in [1.54, 1.807) is 11.8 Å². The summed E-state index contributed by atoms with van der Waals surface area (Å²) < 4.78 is 2.91. The highest BCUT2D eigenvalue weighted by Gasteiger charge is 2.11. The number of aryl methyl sites for hydroxylation is 1. The Bertz CT molecular complexity index is 751. The van der Waals surface area contributed by atoms with Crippen molar-refractivity contribution < 1.29 is 0 Å². The van der Waals surface area contributed by atoms with Crippen LogP contribution in [0.15, 0.2) is 69.0 Å². The summed E-state index contributed by atoms with van der Waals surface area (Å²) in [5.74, 6) is 0. The minimum Gasteiger partial charge on any atom is -0.274 e. The Morgan fingerprint density at radius 3 is 2.38 bits per heavy atom. The van der Waals surface area contributed by atoms with Crippen LogP contribution in [0.25, 0.3) is 11.3 Å². The Labute approximate surface area is 141 Å². The normalized spacial score (nSPS) is 10.8. The summed E-state index contributed by atoms with van der Waals surface area (Å²) in [4.78, 5) is 2.27. The fourth-order valence-corrected chi connectivity index (χ4v) is 3.36. The third-order valence-corrected chi connectivity index (χ3v) is 4.76. The van der Waals surface area contributed by atoms with Crippen LogP contribution in [0.2, 0.25) is 5.02 Å². The highest BCUT2D eigenvalue weighted by atomic mass is 79.9. The molecule has 0 N–H and O–H groups in total. The number of halogens is 2. The van der Waals surface area contributed by atoms with Crippen molar-refractivity contribution in [3.63, 3.8) is 0 Å². The molecule has 0 spiro atoms. The molecule has 0 radical (unpaired) electrons. The molecular weight excluding hydrogens is 368 g/mol. The molecule has 0 atom stereocenters. The van der Waals surface area contributed by atoms with Crippen LogP contribution < -0.4 is 0 Å². The zero-order chi connectivity index (χ0) is 14.8. The molecule has 0 unspecified atom stereocenters. The standard InChI is InChI=1S/C16H12BrClN2S/c1-20-10-15(21-14-8-6-13(18)7-9-14)16(19-20)11-2-4-12(17)5-3-11/h2-10H,1H3. The molecule has 0 bridgehead atoms. The summed E-state index contributed by atoms with van der Waals surface area (Å²) >= 11 is 11.1. The Hall–Kier alpha value is -1.23. The quantitative estimate of drug-likeness (QED) is 0.585. The van der Waals surface area contributed by atoms with Gasteiger partial charge >= 0.3 is 0 Å². The fraction of sp³-hybridized carbons (Fsp3) is 0.0625. The lowest BCUT2D eigenvalue weighted by Gasteiger charge is -2.03. The summed E-state index contributed by atoms with van der Waals surface area (Å²) in [6.07, 6.45) is 2.04. The molecule has 3 rings (SSSR count). The Morgan fingerprint density at radius 1 is 1.05 bits per heavy atom. The zero-order valence-corrected chi connectivity index (χ0v) is 14.4. The Morgan fingerprint density at radius 2 is 1.71 bits per heavy atom. The average molecular weight is 380 g/mol. The first-order valence-electron chi connectivity index (χ1n) is 6.35. The van der Waals surface area contributed by atoms with Crippen LogP contribution in [0.3, 0.4) is 0 Å². The smallest absolute Gasteiger partial charge is 0.106 e. The SMILES string of the molecule is Cn1cc(Sc2ccc(Cl)cc2)c(-c2ccc(Br)cc2)n1. The summed E-state index contributed by atoms with van der Waals surface area (Å²) in [6, 6.07) is 16.0.